The van der Waals surface area contributed by atoms with E-state index in [1.165, 1.54) is 5.69 Å². The average Bonchev–Trinajstić information content (AvgIpc) is 2.56. The Morgan fingerprint density at radius 3 is 2.24 bits per heavy atom. The molecule has 0 amide bonds. The first-order valence-corrected chi connectivity index (χ1v) is 7.30. The van der Waals surface area contributed by atoms with Gasteiger partial charge in [0.15, 0.2) is 0 Å². The number of hydrogen-bond acceptors (Lipinski definition) is 5. The summed E-state index contributed by atoms with van der Waals surface area (Å²) < 4.78 is 0. The van der Waals surface area contributed by atoms with Crippen molar-refractivity contribution in [2.75, 3.05) is 50.5 Å². The molecule has 1 N–H and O–H groups in total. The second-order valence-electron chi connectivity index (χ2n) is 5.37. The van der Waals surface area contributed by atoms with Crippen molar-refractivity contribution in [1.82, 2.24) is 14.9 Å². The lowest BCUT2D eigenvalue weighted by Gasteiger charge is -2.34. The summed E-state index contributed by atoms with van der Waals surface area (Å²) in [4.78, 5) is 13.5. The molecule has 110 valence electrons. The summed E-state index contributed by atoms with van der Waals surface area (Å²) in [5.41, 5.74) is 3.29. The van der Waals surface area contributed by atoms with Gasteiger partial charge in [-0.2, -0.15) is 0 Å². The Labute approximate surface area is 125 Å². The van der Waals surface area contributed by atoms with E-state index >= 15 is 0 Å². The van der Waals surface area contributed by atoms with Crippen LogP contribution in [0, 0.1) is 0 Å². The fourth-order valence-corrected chi connectivity index (χ4v) is 2.51. The third-order valence-electron chi connectivity index (χ3n) is 3.94. The maximum Gasteiger partial charge on any atom is 0.144 e. The first kappa shape index (κ1) is 13.8. The summed E-state index contributed by atoms with van der Waals surface area (Å²) in [5, 5.41) is 2.98. The molecule has 0 radical (unpaired) electrons. The molecule has 1 aliphatic rings. The highest BCUT2D eigenvalue weighted by Crippen LogP contribution is 2.22. The normalized spacial score (nSPS) is 16.0. The molecular formula is C16H21N5. The Hall–Kier alpha value is -2.14. The van der Waals surface area contributed by atoms with Gasteiger partial charge in [-0.05, 0) is 19.2 Å². The van der Waals surface area contributed by atoms with Crippen LogP contribution in [0.4, 0.5) is 11.5 Å². The maximum absolute atomic E-state index is 4.43. The quantitative estimate of drug-likeness (QED) is 0.932. The predicted molar refractivity (Wildman–Crippen MR) is 86.7 cm³/mol. The zero-order valence-corrected chi connectivity index (χ0v) is 12.6. The largest absolute Gasteiger partial charge is 0.372 e. The first-order chi connectivity index (χ1) is 10.3. The summed E-state index contributed by atoms with van der Waals surface area (Å²) in [6.07, 6.45) is 3.56. The van der Waals surface area contributed by atoms with Gasteiger partial charge in [0.25, 0.3) is 0 Å². The summed E-state index contributed by atoms with van der Waals surface area (Å²) in [7, 11) is 4.02. The Kier molecular flexibility index (Phi) is 4.01. The standard InChI is InChI=1S/C16H21N5/c1-17-16-12-18-15(11-19-16)13-3-5-14(6-4-13)21-9-7-20(2)8-10-21/h3-6,11-12H,7-10H2,1-2H3,(H,17,19). The van der Waals surface area contributed by atoms with Crippen LogP contribution in [-0.4, -0.2) is 55.1 Å². The van der Waals surface area contributed by atoms with Crippen LogP contribution in [0.2, 0.25) is 0 Å². The molecule has 0 unspecified atom stereocenters. The van der Waals surface area contributed by atoms with E-state index in [4.69, 9.17) is 0 Å². The predicted octanol–water partition coefficient (Wildman–Crippen LogP) is 1.94. The fourth-order valence-electron chi connectivity index (χ4n) is 2.51. The molecule has 2 heterocycles. The maximum atomic E-state index is 4.43. The molecule has 1 aliphatic heterocycles. The molecule has 3 rings (SSSR count). The number of likely N-dealkylation sites (N-methyl/N-ethyl adjacent to an activating group) is 1. The van der Waals surface area contributed by atoms with Gasteiger partial charge in [-0.25, -0.2) is 4.98 Å². The lowest BCUT2D eigenvalue weighted by molar-refractivity contribution is 0.313. The number of nitrogens with one attached hydrogen (secondary N) is 1. The monoisotopic (exact) mass is 283 g/mol. The topological polar surface area (TPSA) is 44.3 Å². The van der Waals surface area contributed by atoms with Crippen LogP contribution in [0.25, 0.3) is 11.3 Å². The molecule has 0 spiro atoms. The van der Waals surface area contributed by atoms with E-state index in [9.17, 15) is 0 Å². The van der Waals surface area contributed by atoms with Crippen molar-refractivity contribution in [1.29, 1.82) is 0 Å². The molecule has 1 fully saturated rings. The fraction of sp³-hybridized carbons (Fsp3) is 0.375. The molecule has 21 heavy (non-hydrogen) atoms. The molecule has 1 saturated heterocycles. The lowest BCUT2D eigenvalue weighted by atomic mass is 10.1. The van der Waals surface area contributed by atoms with Gasteiger partial charge in [-0.1, -0.05) is 12.1 Å². The zero-order valence-electron chi connectivity index (χ0n) is 12.6. The van der Waals surface area contributed by atoms with Gasteiger partial charge in [0.1, 0.15) is 5.82 Å². The Morgan fingerprint density at radius 2 is 1.67 bits per heavy atom. The van der Waals surface area contributed by atoms with Crippen molar-refractivity contribution < 1.29 is 0 Å². The number of nitrogens with zero attached hydrogens (tertiary/aromatic N) is 4. The van der Waals surface area contributed by atoms with Gasteiger partial charge in [-0.3, -0.25) is 4.98 Å². The highest BCUT2D eigenvalue weighted by molar-refractivity contribution is 5.63. The van der Waals surface area contributed by atoms with Gasteiger partial charge in [0, 0.05) is 44.5 Å². The number of aromatic nitrogens is 2. The number of benzene rings is 1. The van der Waals surface area contributed by atoms with E-state index in [1.807, 2.05) is 7.05 Å². The molecule has 0 aliphatic carbocycles. The highest BCUT2D eigenvalue weighted by atomic mass is 15.2. The van der Waals surface area contributed by atoms with Crippen LogP contribution >= 0.6 is 0 Å². The Bertz CT molecular complexity index is 571. The molecular weight excluding hydrogens is 262 g/mol. The van der Waals surface area contributed by atoms with E-state index in [0.717, 1.165) is 43.3 Å². The third kappa shape index (κ3) is 3.13. The van der Waals surface area contributed by atoms with Gasteiger partial charge in [0.2, 0.25) is 0 Å². The SMILES string of the molecule is CNc1cnc(-c2ccc(N3CCN(C)CC3)cc2)cn1. The van der Waals surface area contributed by atoms with Crippen molar-refractivity contribution >= 4 is 11.5 Å². The molecule has 1 aromatic carbocycles. The minimum atomic E-state index is 0.785. The summed E-state index contributed by atoms with van der Waals surface area (Å²) in [6, 6.07) is 8.59. The van der Waals surface area contributed by atoms with Crippen LogP contribution in [0.5, 0.6) is 0 Å². The van der Waals surface area contributed by atoms with Crippen LogP contribution < -0.4 is 10.2 Å². The van der Waals surface area contributed by atoms with Gasteiger partial charge in [0.05, 0.1) is 18.1 Å². The molecule has 1 aromatic heterocycles. The van der Waals surface area contributed by atoms with Crippen LogP contribution in [0.3, 0.4) is 0 Å². The molecule has 0 atom stereocenters. The molecule has 0 saturated carbocycles. The summed E-state index contributed by atoms with van der Waals surface area (Å²) in [5.74, 6) is 0.785. The average molecular weight is 283 g/mol. The second-order valence-corrected chi connectivity index (χ2v) is 5.37. The van der Waals surface area contributed by atoms with Gasteiger partial charge >= 0.3 is 0 Å². The van der Waals surface area contributed by atoms with Crippen molar-refractivity contribution in [3.63, 3.8) is 0 Å². The summed E-state index contributed by atoms with van der Waals surface area (Å²) >= 11 is 0. The zero-order chi connectivity index (χ0) is 14.7. The summed E-state index contributed by atoms with van der Waals surface area (Å²) in [6.45, 7) is 4.43. The van der Waals surface area contributed by atoms with Gasteiger partial charge < -0.3 is 15.1 Å². The van der Waals surface area contributed by atoms with Crippen LogP contribution in [0.1, 0.15) is 0 Å². The second kappa shape index (κ2) is 6.10. The Balaban J connectivity index is 1.74. The van der Waals surface area contributed by atoms with Crippen LogP contribution in [-0.2, 0) is 0 Å². The number of anilines is 2. The van der Waals surface area contributed by atoms with Crippen LogP contribution in [0.15, 0.2) is 36.7 Å². The minimum absolute atomic E-state index is 0.785. The van der Waals surface area contributed by atoms with E-state index < -0.39 is 0 Å². The van der Waals surface area contributed by atoms with Crippen molar-refractivity contribution in [3.05, 3.63) is 36.7 Å². The van der Waals surface area contributed by atoms with Crippen molar-refractivity contribution in [2.45, 2.75) is 0 Å². The number of rotatable bonds is 3. The third-order valence-corrected chi connectivity index (χ3v) is 3.94. The smallest absolute Gasteiger partial charge is 0.144 e. The highest BCUT2D eigenvalue weighted by Gasteiger charge is 2.14. The van der Waals surface area contributed by atoms with E-state index in [1.54, 1.807) is 12.4 Å². The molecule has 5 nitrogen and oxygen atoms in total. The van der Waals surface area contributed by atoms with E-state index in [-0.39, 0.29) is 0 Å². The van der Waals surface area contributed by atoms with E-state index in [0.29, 0.717) is 0 Å². The first-order valence-electron chi connectivity index (χ1n) is 7.30. The molecule has 0 bridgehead atoms. The lowest BCUT2D eigenvalue weighted by Crippen LogP contribution is -2.44. The minimum Gasteiger partial charge on any atom is -0.372 e. The van der Waals surface area contributed by atoms with Crippen molar-refractivity contribution in [2.24, 2.45) is 0 Å². The van der Waals surface area contributed by atoms with Crippen molar-refractivity contribution in [3.8, 4) is 11.3 Å². The van der Waals surface area contributed by atoms with E-state index in [2.05, 4.69) is 56.4 Å². The molecule has 5 heteroatoms. The number of piperazine rings is 1. The Morgan fingerprint density at radius 1 is 0.952 bits per heavy atom. The molecule has 2 aromatic rings. The van der Waals surface area contributed by atoms with Gasteiger partial charge in [-0.15, -0.1) is 0 Å². The number of hydrogen-bond donors (Lipinski definition) is 1.